The zero-order chi connectivity index (χ0) is 25.5. The van der Waals surface area contributed by atoms with Gasteiger partial charge in [-0.3, -0.25) is 19.3 Å². The van der Waals surface area contributed by atoms with Crippen molar-refractivity contribution in [2.75, 3.05) is 53.0 Å². The number of hydrogen-bond acceptors (Lipinski definition) is 7. The van der Waals surface area contributed by atoms with E-state index in [1.54, 1.807) is 11.9 Å². The number of ether oxygens (including phenoxy) is 2. The first-order valence-electron chi connectivity index (χ1n) is 13.1. The summed E-state index contributed by atoms with van der Waals surface area (Å²) in [5, 5.41) is 16.1. The first-order valence-corrected chi connectivity index (χ1v) is 13.1. The van der Waals surface area contributed by atoms with Gasteiger partial charge in [0.05, 0.1) is 43.3 Å². The maximum absolute atomic E-state index is 14.1. The minimum absolute atomic E-state index is 0.00590. The summed E-state index contributed by atoms with van der Waals surface area (Å²) >= 11 is 0. The SMILES string of the molecule is CC[C@H](C)[C@H](CO)N1C(=O)[C@@H]2[C@H](C(=O)NC)[C@@]3(C)OC2(CC3C)C1C(=O)NCCN1CCOCC1. The summed E-state index contributed by atoms with van der Waals surface area (Å²) in [6, 6.07) is -1.42. The Hall–Kier alpha value is -1.75. The molecule has 0 aromatic carbocycles. The van der Waals surface area contributed by atoms with Crippen molar-refractivity contribution in [2.24, 2.45) is 23.7 Å². The molecule has 0 aliphatic carbocycles. The summed E-state index contributed by atoms with van der Waals surface area (Å²) in [4.78, 5) is 44.8. The molecule has 3 N–H and O–H groups in total. The number of morpholine rings is 1. The monoisotopic (exact) mass is 494 g/mol. The van der Waals surface area contributed by atoms with Gasteiger partial charge in [0, 0.05) is 33.2 Å². The van der Waals surface area contributed by atoms with E-state index in [2.05, 4.69) is 15.5 Å². The van der Waals surface area contributed by atoms with Gasteiger partial charge in [0.15, 0.2) is 0 Å². The van der Waals surface area contributed by atoms with Crippen LogP contribution in [0.4, 0.5) is 0 Å². The van der Waals surface area contributed by atoms with Crippen LogP contribution < -0.4 is 10.6 Å². The minimum atomic E-state index is -1.09. The Morgan fingerprint density at radius 2 is 1.94 bits per heavy atom. The molecule has 10 heteroatoms. The van der Waals surface area contributed by atoms with Gasteiger partial charge < -0.3 is 30.1 Å². The molecule has 4 aliphatic heterocycles. The molecular formula is C25H42N4O6. The molecule has 3 unspecified atom stereocenters. The van der Waals surface area contributed by atoms with E-state index in [4.69, 9.17) is 9.47 Å². The fourth-order valence-corrected chi connectivity index (χ4v) is 6.96. The van der Waals surface area contributed by atoms with Gasteiger partial charge in [-0.15, -0.1) is 0 Å². The topological polar surface area (TPSA) is 120 Å². The number of aliphatic hydroxyl groups excluding tert-OH is 1. The first-order chi connectivity index (χ1) is 16.7. The third-order valence-electron chi connectivity index (χ3n) is 9.21. The zero-order valence-corrected chi connectivity index (χ0v) is 21.7. The summed E-state index contributed by atoms with van der Waals surface area (Å²) in [6.45, 7) is 11.8. The van der Waals surface area contributed by atoms with E-state index in [0.717, 1.165) is 19.5 Å². The van der Waals surface area contributed by atoms with Crippen molar-refractivity contribution in [3.63, 3.8) is 0 Å². The predicted octanol–water partition coefficient (Wildman–Crippen LogP) is -0.401. The van der Waals surface area contributed by atoms with E-state index in [0.29, 0.717) is 32.7 Å². The second-order valence-electron chi connectivity index (χ2n) is 10.9. The van der Waals surface area contributed by atoms with Crippen molar-refractivity contribution in [1.82, 2.24) is 20.4 Å². The molecule has 198 valence electrons. The Kier molecular flexibility index (Phi) is 7.48. The molecule has 4 heterocycles. The van der Waals surface area contributed by atoms with Gasteiger partial charge in [-0.25, -0.2) is 0 Å². The number of carbonyl (C=O) groups excluding carboxylic acids is 3. The Morgan fingerprint density at radius 1 is 1.26 bits per heavy atom. The summed E-state index contributed by atoms with van der Waals surface area (Å²) in [5.41, 5.74) is -1.92. The third kappa shape index (κ3) is 4.06. The molecule has 1 spiro atoms. The average Bonchev–Trinajstić information content (AvgIpc) is 3.36. The number of amides is 3. The van der Waals surface area contributed by atoms with Gasteiger partial charge in [-0.05, 0) is 25.2 Å². The van der Waals surface area contributed by atoms with Crippen LogP contribution in [0.3, 0.4) is 0 Å². The molecule has 3 amide bonds. The van der Waals surface area contributed by atoms with Crippen LogP contribution in [0.25, 0.3) is 0 Å². The third-order valence-corrected chi connectivity index (χ3v) is 9.21. The lowest BCUT2D eigenvalue weighted by molar-refractivity contribution is -0.152. The zero-order valence-electron chi connectivity index (χ0n) is 21.7. The van der Waals surface area contributed by atoms with E-state index >= 15 is 0 Å². The normalized spacial score (nSPS) is 38.3. The van der Waals surface area contributed by atoms with E-state index in [1.807, 2.05) is 27.7 Å². The highest BCUT2D eigenvalue weighted by Crippen LogP contribution is 2.65. The number of nitrogens with zero attached hydrogens (tertiary/aromatic N) is 2. The van der Waals surface area contributed by atoms with Gasteiger partial charge in [0.2, 0.25) is 17.7 Å². The minimum Gasteiger partial charge on any atom is -0.394 e. The Balaban J connectivity index is 1.67. The van der Waals surface area contributed by atoms with E-state index in [9.17, 15) is 19.5 Å². The van der Waals surface area contributed by atoms with Crippen molar-refractivity contribution < 1.29 is 29.0 Å². The molecule has 4 saturated heterocycles. The van der Waals surface area contributed by atoms with Crippen molar-refractivity contribution in [2.45, 2.75) is 63.8 Å². The molecule has 4 aliphatic rings. The number of rotatable bonds is 9. The number of nitrogens with one attached hydrogen (secondary N) is 2. The number of hydrogen-bond donors (Lipinski definition) is 3. The van der Waals surface area contributed by atoms with E-state index in [1.165, 1.54) is 0 Å². The van der Waals surface area contributed by atoms with Crippen LogP contribution in [-0.2, 0) is 23.9 Å². The molecule has 0 aromatic rings. The van der Waals surface area contributed by atoms with Gasteiger partial charge in [0.25, 0.3) is 0 Å². The van der Waals surface area contributed by atoms with Crippen molar-refractivity contribution in [3.05, 3.63) is 0 Å². The second-order valence-corrected chi connectivity index (χ2v) is 10.9. The van der Waals surface area contributed by atoms with Crippen molar-refractivity contribution in [3.8, 4) is 0 Å². The summed E-state index contributed by atoms with van der Waals surface area (Å²) < 4.78 is 12.1. The largest absolute Gasteiger partial charge is 0.394 e. The quantitative estimate of drug-likeness (QED) is 0.399. The highest BCUT2D eigenvalue weighted by atomic mass is 16.5. The number of aliphatic hydroxyl groups is 1. The van der Waals surface area contributed by atoms with Crippen LogP contribution in [-0.4, -0.2) is 109 Å². The van der Waals surface area contributed by atoms with Crippen LogP contribution >= 0.6 is 0 Å². The molecular weight excluding hydrogens is 452 g/mol. The molecule has 0 aromatic heterocycles. The number of likely N-dealkylation sites (tertiary alicyclic amines) is 1. The highest BCUT2D eigenvalue weighted by molar-refractivity contribution is 5.99. The maximum atomic E-state index is 14.1. The first kappa shape index (κ1) is 26.3. The van der Waals surface area contributed by atoms with Crippen LogP contribution in [0.1, 0.15) is 40.5 Å². The van der Waals surface area contributed by atoms with Gasteiger partial charge in [-0.1, -0.05) is 27.2 Å². The smallest absolute Gasteiger partial charge is 0.245 e. The Morgan fingerprint density at radius 3 is 2.54 bits per heavy atom. The van der Waals surface area contributed by atoms with Crippen LogP contribution in [0, 0.1) is 23.7 Å². The molecule has 4 fully saturated rings. The molecule has 4 rings (SSSR count). The number of carbonyl (C=O) groups is 3. The van der Waals surface area contributed by atoms with Gasteiger partial charge in [-0.2, -0.15) is 0 Å². The maximum Gasteiger partial charge on any atom is 0.245 e. The lowest BCUT2D eigenvalue weighted by atomic mass is 9.62. The molecule has 10 nitrogen and oxygen atoms in total. The number of fused-ring (bicyclic) bond motifs is 1. The standard InChI is InChI=1S/C25H42N4O6/c1-6-15(2)17(14-30)29-20(22(32)27-7-8-28-9-11-34-12-10-28)25-13-16(3)24(4,35-25)18(21(31)26-5)19(25)23(29)33/h15-20,30H,6-14H2,1-5H3,(H,26,31)(H,27,32)/t15-,16?,17-,18+,19-,20?,24-,25?/m0/s1. The molecule has 8 atom stereocenters. The lowest BCUT2D eigenvalue weighted by Crippen LogP contribution is -2.59. The Labute approximate surface area is 208 Å². The summed E-state index contributed by atoms with van der Waals surface area (Å²) in [6.07, 6.45) is 1.26. The highest BCUT2D eigenvalue weighted by Gasteiger charge is 2.80. The van der Waals surface area contributed by atoms with Gasteiger partial charge >= 0.3 is 0 Å². The van der Waals surface area contributed by atoms with Crippen LogP contribution in [0.2, 0.25) is 0 Å². The Bertz CT molecular complexity index is 835. The fraction of sp³-hybridized carbons (Fsp3) is 0.880. The van der Waals surface area contributed by atoms with Crippen LogP contribution in [0.5, 0.6) is 0 Å². The molecule has 2 bridgehead atoms. The fourth-order valence-electron chi connectivity index (χ4n) is 6.96. The van der Waals surface area contributed by atoms with E-state index < -0.39 is 35.1 Å². The van der Waals surface area contributed by atoms with Crippen molar-refractivity contribution in [1.29, 1.82) is 0 Å². The summed E-state index contributed by atoms with van der Waals surface area (Å²) in [7, 11) is 1.57. The van der Waals surface area contributed by atoms with Crippen molar-refractivity contribution >= 4 is 17.7 Å². The summed E-state index contributed by atoms with van der Waals surface area (Å²) in [5.74, 6) is -2.24. The molecule has 35 heavy (non-hydrogen) atoms. The second kappa shape index (κ2) is 9.95. The predicted molar refractivity (Wildman–Crippen MR) is 128 cm³/mol. The van der Waals surface area contributed by atoms with Gasteiger partial charge in [0.1, 0.15) is 11.6 Å². The molecule has 0 radical (unpaired) electrons. The van der Waals surface area contributed by atoms with E-state index in [-0.39, 0.29) is 36.2 Å². The average molecular weight is 495 g/mol. The van der Waals surface area contributed by atoms with Crippen LogP contribution in [0.15, 0.2) is 0 Å². The lowest BCUT2D eigenvalue weighted by Gasteiger charge is -2.39. The molecule has 0 saturated carbocycles.